The van der Waals surface area contributed by atoms with Gasteiger partial charge in [0, 0.05) is 7.05 Å². The topological polar surface area (TPSA) is 75.7 Å². The summed E-state index contributed by atoms with van der Waals surface area (Å²) in [5.74, 6) is -1.35. The number of benzene rings is 2. The highest BCUT2D eigenvalue weighted by Crippen LogP contribution is 2.24. The summed E-state index contributed by atoms with van der Waals surface area (Å²) in [4.78, 5) is 11.2. The molecule has 0 aliphatic carbocycles. The molecule has 1 amide bonds. The number of carbonyl (C=O) groups excluding carboxylic acids is 1. The molecule has 0 saturated heterocycles. The first kappa shape index (κ1) is 21.5. The van der Waals surface area contributed by atoms with Crippen LogP contribution in [-0.2, 0) is 14.8 Å². The third kappa shape index (κ3) is 5.84. The van der Waals surface area contributed by atoms with Crippen molar-refractivity contribution in [2.75, 3.05) is 24.5 Å². The normalized spacial score (nSPS) is 11.8. The van der Waals surface area contributed by atoms with Gasteiger partial charge in [-0.2, -0.15) is 13.2 Å². The fourth-order valence-electron chi connectivity index (χ4n) is 2.05. The van der Waals surface area contributed by atoms with Crippen LogP contribution < -0.4 is 14.4 Å². The number of hydrogen-bond donors (Lipinski definition) is 1. The number of nitrogens with zero attached hydrogens (tertiary/aromatic N) is 1. The van der Waals surface area contributed by atoms with Crippen LogP contribution in [-0.4, -0.2) is 40.7 Å². The molecule has 0 aromatic heterocycles. The zero-order valence-electron chi connectivity index (χ0n) is 14.5. The largest absolute Gasteiger partial charge is 0.484 e. The van der Waals surface area contributed by atoms with Crippen LogP contribution in [0.5, 0.6) is 5.75 Å². The number of hydrogen-bond acceptors (Lipinski definition) is 4. The summed E-state index contributed by atoms with van der Waals surface area (Å²) in [5.41, 5.74) is 0.262. The van der Waals surface area contributed by atoms with Crippen LogP contribution in [0, 0.1) is 5.82 Å². The van der Waals surface area contributed by atoms with Gasteiger partial charge in [-0.05, 0) is 48.5 Å². The summed E-state index contributed by atoms with van der Waals surface area (Å²) in [7, 11) is -2.61. The molecule has 1 N–H and O–H groups in total. The minimum atomic E-state index is -4.52. The number of amides is 1. The Morgan fingerprint density at radius 1 is 1.07 bits per heavy atom. The Labute approximate surface area is 158 Å². The Hall–Kier alpha value is -2.82. The average Bonchev–Trinajstić information content (AvgIpc) is 2.64. The summed E-state index contributed by atoms with van der Waals surface area (Å²) < 4.78 is 80.1. The summed E-state index contributed by atoms with van der Waals surface area (Å²) in [6, 6.07) is 9.85. The van der Waals surface area contributed by atoms with E-state index < -0.39 is 41.1 Å². The molecule has 28 heavy (non-hydrogen) atoms. The minimum absolute atomic E-state index is 0.0990. The predicted octanol–water partition coefficient (Wildman–Crippen LogP) is 2.71. The number of nitrogens with one attached hydrogen (secondary N) is 1. The van der Waals surface area contributed by atoms with Crippen LogP contribution in [0.2, 0.25) is 0 Å². The summed E-state index contributed by atoms with van der Waals surface area (Å²) in [6.07, 6.45) is -4.52. The number of ether oxygens (including phenoxy) is 1. The maximum atomic E-state index is 13.0. The maximum absolute atomic E-state index is 13.0. The van der Waals surface area contributed by atoms with E-state index in [0.29, 0.717) is 0 Å². The van der Waals surface area contributed by atoms with Gasteiger partial charge in [0.15, 0.2) is 6.61 Å². The number of carbonyl (C=O) groups is 1. The molecule has 0 radical (unpaired) electrons. The summed E-state index contributed by atoms with van der Waals surface area (Å²) in [5, 5.41) is 1.66. The molecule has 0 bridgehead atoms. The van der Waals surface area contributed by atoms with Crippen molar-refractivity contribution in [2.45, 2.75) is 11.1 Å². The zero-order valence-corrected chi connectivity index (χ0v) is 15.3. The molecule has 0 fully saturated rings. The van der Waals surface area contributed by atoms with Crippen molar-refractivity contribution in [2.24, 2.45) is 0 Å². The van der Waals surface area contributed by atoms with Crippen LogP contribution in [0.3, 0.4) is 0 Å². The van der Waals surface area contributed by atoms with Gasteiger partial charge in [-0.25, -0.2) is 12.8 Å². The van der Waals surface area contributed by atoms with E-state index in [1.165, 1.54) is 31.3 Å². The molecule has 6 nitrogen and oxygen atoms in total. The molecule has 0 saturated carbocycles. The number of anilines is 1. The Kier molecular flexibility index (Phi) is 6.49. The van der Waals surface area contributed by atoms with E-state index in [2.05, 4.69) is 0 Å². The van der Waals surface area contributed by atoms with Crippen LogP contribution in [0.25, 0.3) is 0 Å². The highest BCUT2D eigenvalue weighted by molar-refractivity contribution is 7.92. The van der Waals surface area contributed by atoms with Gasteiger partial charge in [-0.15, -0.1) is 0 Å². The van der Waals surface area contributed by atoms with Crippen molar-refractivity contribution in [3.8, 4) is 5.75 Å². The van der Waals surface area contributed by atoms with Crippen molar-refractivity contribution in [3.05, 3.63) is 54.3 Å². The van der Waals surface area contributed by atoms with Gasteiger partial charge in [0.25, 0.3) is 15.9 Å². The lowest BCUT2D eigenvalue weighted by Gasteiger charge is -2.20. The lowest BCUT2D eigenvalue weighted by molar-refractivity contribution is -0.139. The van der Waals surface area contributed by atoms with Crippen molar-refractivity contribution in [1.82, 2.24) is 5.32 Å². The molecular formula is C17H16F4N2O4S. The highest BCUT2D eigenvalue weighted by Gasteiger charge is 2.27. The van der Waals surface area contributed by atoms with E-state index >= 15 is 0 Å². The van der Waals surface area contributed by atoms with Crippen LogP contribution in [0.4, 0.5) is 23.2 Å². The number of alkyl halides is 3. The second-order valence-corrected chi connectivity index (χ2v) is 7.57. The summed E-state index contributed by atoms with van der Waals surface area (Å²) in [6.45, 7) is -2.08. The number of rotatable bonds is 7. The highest BCUT2D eigenvalue weighted by atomic mass is 32.2. The Bertz CT molecular complexity index is 914. The van der Waals surface area contributed by atoms with Gasteiger partial charge in [0.05, 0.1) is 10.6 Å². The minimum Gasteiger partial charge on any atom is -0.484 e. The second-order valence-electron chi connectivity index (χ2n) is 5.60. The van der Waals surface area contributed by atoms with Crippen LogP contribution in [0.1, 0.15) is 0 Å². The van der Waals surface area contributed by atoms with E-state index in [9.17, 15) is 30.8 Å². The monoisotopic (exact) mass is 420 g/mol. The number of sulfonamides is 1. The molecule has 0 aliphatic heterocycles. The van der Waals surface area contributed by atoms with E-state index in [-0.39, 0.29) is 16.3 Å². The van der Waals surface area contributed by atoms with Gasteiger partial charge < -0.3 is 10.1 Å². The molecule has 0 spiro atoms. The smallest absolute Gasteiger partial charge is 0.405 e. The molecule has 2 rings (SSSR count). The van der Waals surface area contributed by atoms with Gasteiger partial charge in [0.1, 0.15) is 18.1 Å². The molecule has 2 aromatic rings. The van der Waals surface area contributed by atoms with Gasteiger partial charge >= 0.3 is 6.18 Å². The lowest BCUT2D eigenvalue weighted by atomic mass is 10.3. The first-order valence-corrected chi connectivity index (χ1v) is 9.24. The average molecular weight is 420 g/mol. The quantitative estimate of drug-likeness (QED) is 0.699. The SMILES string of the molecule is CN(c1ccc(OCC(=O)NCC(F)(F)F)cc1)S(=O)(=O)c1ccc(F)cc1. The molecule has 11 heteroatoms. The van der Waals surface area contributed by atoms with Crippen LogP contribution >= 0.6 is 0 Å². The van der Waals surface area contributed by atoms with Gasteiger partial charge in [-0.3, -0.25) is 9.10 Å². The molecule has 2 aromatic carbocycles. The van der Waals surface area contributed by atoms with E-state index in [4.69, 9.17) is 4.74 Å². The van der Waals surface area contributed by atoms with Crippen molar-refractivity contribution in [3.63, 3.8) is 0 Å². The van der Waals surface area contributed by atoms with Crippen molar-refractivity contribution in [1.29, 1.82) is 0 Å². The molecule has 0 heterocycles. The van der Waals surface area contributed by atoms with E-state index in [0.717, 1.165) is 28.6 Å². The molecule has 152 valence electrons. The summed E-state index contributed by atoms with van der Waals surface area (Å²) >= 11 is 0. The molecular weight excluding hydrogens is 404 g/mol. The first-order valence-electron chi connectivity index (χ1n) is 7.80. The van der Waals surface area contributed by atoms with E-state index in [1.807, 2.05) is 0 Å². The molecule has 0 aliphatic rings. The Balaban J connectivity index is 1.99. The van der Waals surface area contributed by atoms with Crippen molar-refractivity contribution < 1.29 is 35.5 Å². The van der Waals surface area contributed by atoms with E-state index in [1.54, 1.807) is 5.32 Å². The Morgan fingerprint density at radius 2 is 1.64 bits per heavy atom. The Morgan fingerprint density at radius 3 is 2.18 bits per heavy atom. The fourth-order valence-corrected chi connectivity index (χ4v) is 3.25. The first-order chi connectivity index (χ1) is 13.0. The zero-order chi connectivity index (χ0) is 20.9. The van der Waals surface area contributed by atoms with Gasteiger partial charge in [-0.1, -0.05) is 0 Å². The molecule has 0 atom stereocenters. The lowest BCUT2D eigenvalue weighted by Crippen LogP contribution is -2.36. The van der Waals surface area contributed by atoms with Crippen LogP contribution in [0.15, 0.2) is 53.4 Å². The maximum Gasteiger partial charge on any atom is 0.405 e. The number of halogens is 4. The third-order valence-electron chi connectivity index (χ3n) is 3.53. The van der Waals surface area contributed by atoms with Crippen molar-refractivity contribution >= 4 is 21.6 Å². The fraction of sp³-hybridized carbons (Fsp3) is 0.235. The standard InChI is InChI=1S/C17H16F4N2O4S/c1-23(28(25,26)15-8-2-12(18)3-9-15)13-4-6-14(7-5-13)27-10-16(24)22-11-17(19,20)21/h2-9H,10-11H2,1H3,(H,22,24). The predicted molar refractivity (Wildman–Crippen MR) is 93.0 cm³/mol. The molecule has 0 unspecified atom stereocenters. The third-order valence-corrected chi connectivity index (χ3v) is 5.33. The van der Waals surface area contributed by atoms with Gasteiger partial charge in [0.2, 0.25) is 0 Å². The second kappa shape index (κ2) is 8.46.